The number of carbonyl (C=O) groups is 2. The number of hydrogen-bond donors (Lipinski definition) is 1. The second kappa shape index (κ2) is 9.66. The Kier molecular flexibility index (Phi) is 6.49. The van der Waals surface area contributed by atoms with Gasteiger partial charge in [0.1, 0.15) is 23.0 Å². The lowest BCUT2D eigenvalue weighted by Gasteiger charge is -2.27. The summed E-state index contributed by atoms with van der Waals surface area (Å²) < 4.78 is 16.2. The molecule has 1 N–H and O–H groups in total. The predicted molar refractivity (Wildman–Crippen MR) is 125 cm³/mol. The van der Waals surface area contributed by atoms with Gasteiger partial charge in [-0.05, 0) is 42.0 Å². The van der Waals surface area contributed by atoms with E-state index in [9.17, 15) is 14.7 Å². The monoisotopic (exact) mass is 460 g/mol. The van der Waals surface area contributed by atoms with Crippen molar-refractivity contribution in [2.45, 2.75) is 12.6 Å². The van der Waals surface area contributed by atoms with Crippen LogP contribution in [0.5, 0.6) is 17.2 Å². The number of methoxy groups -OCH3 is 3. The lowest BCUT2D eigenvalue weighted by Crippen LogP contribution is -2.29. The van der Waals surface area contributed by atoms with Gasteiger partial charge in [-0.1, -0.05) is 18.2 Å². The molecule has 8 nitrogen and oxygen atoms in total. The van der Waals surface area contributed by atoms with Crippen molar-refractivity contribution in [1.29, 1.82) is 0 Å². The molecule has 1 aliphatic heterocycles. The van der Waals surface area contributed by atoms with Crippen molar-refractivity contribution in [2.24, 2.45) is 0 Å². The van der Waals surface area contributed by atoms with Gasteiger partial charge >= 0.3 is 0 Å². The Balaban J connectivity index is 1.94. The van der Waals surface area contributed by atoms with E-state index in [-0.39, 0.29) is 17.9 Å². The maximum atomic E-state index is 13.3. The minimum atomic E-state index is -0.920. The second-order valence-electron chi connectivity index (χ2n) is 7.63. The van der Waals surface area contributed by atoms with Crippen molar-refractivity contribution in [3.63, 3.8) is 0 Å². The van der Waals surface area contributed by atoms with E-state index < -0.39 is 17.7 Å². The molecule has 1 amide bonds. The lowest BCUT2D eigenvalue weighted by molar-refractivity contribution is -0.140. The zero-order valence-corrected chi connectivity index (χ0v) is 19.0. The van der Waals surface area contributed by atoms with Crippen LogP contribution in [-0.2, 0) is 16.1 Å². The SMILES string of the molecule is COc1cccc(/C(O)=C2/C(=O)C(=O)N(Cc3cccnc3)C2c2cc(OC)ccc2OC)c1. The van der Waals surface area contributed by atoms with Crippen LogP contribution in [0.3, 0.4) is 0 Å². The van der Waals surface area contributed by atoms with Crippen LogP contribution in [-0.4, -0.2) is 48.0 Å². The van der Waals surface area contributed by atoms with E-state index in [1.54, 1.807) is 60.9 Å². The number of aliphatic hydroxyl groups excluding tert-OH is 1. The summed E-state index contributed by atoms with van der Waals surface area (Å²) >= 11 is 0. The van der Waals surface area contributed by atoms with Gasteiger partial charge in [0.25, 0.3) is 11.7 Å². The van der Waals surface area contributed by atoms with E-state index in [0.717, 1.165) is 5.56 Å². The fourth-order valence-electron chi connectivity index (χ4n) is 4.03. The first-order valence-corrected chi connectivity index (χ1v) is 10.5. The van der Waals surface area contributed by atoms with E-state index in [1.807, 2.05) is 6.07 Å². The third-order valence-corrected chi connectivity index (χ3v) is 5.69. The molecule has 2 heterocycles. The number of amides is 1. The van der Waals surface area contributed by atoms with Crippen LogP contribution in [0.1, 0.15) is 22.7 Å². The number of likely N-dealkylation sites (tertiary alicyclic amines) is 1. The number of ether oxygens (including phenoxy) is 3. The molecule has 1 unspecified atom stereocenters. The van der Waals surface area contributed by atoms with Gasteiger partial charge in [0.15, 0.2) is 0 Å². The Morgan fingerprint density at radius 2 is 1.74 bits per heavy atom. The lowest BCUT2D eigenvalue weighted by atomic mass is 9.94. The molecule has 0 bridgehead atoms. The molecule has 174 valence electrons. The van der Waals surface area contributed by atoms with Crippen LogP contribution in [0, 0.1) is 0 Å². The Bertz CT molecular complexity index is 1260. The van der Waals surface area contributed by atoms with Gasteiger partial charge in [-0.2, -0.15) is 0 Å². The number of aliphatic hydroxyl groups is 1. The molecule has 0 saturated carbocycles. The highest BCUT2D eigenvalue weighted by atomic mass is 16.5. The molecule has 3 aromatic rings. The van der Waals surface area contributed by atoms with Gasteiger partial charge in [-0.15, -0.1) is 0 Å². The predicted octanol–water partition coefficient (Wildman–Crippen LogP) is 3.73. The normalized spacial score (nSPS) is 17.0. The molecule has 1 aromatic heterocycles. The average Bonchev–Trinajstić information content (AvgIpc) is 3.13. The van der Waals surface area contributed by atoms with Crippen molar-refractivity contribution in [1.82, 2.24) is 9.88 Å². The number of benzene rings is 2. The van der Waals surface area contributed by atoms with Gasteiger partial charge in [0.2, 0.25) is 0 Å². The first-order valence-electron chi connectivity index (χ1n) is 10.5. The molecule has 0 aliphatic carbocycles. The fraction of sp³-hybridized carbons (Fsp3) is 0.192. The second-order valence-corrected chi connectivity index (χ2v) is 7.63. The maximum Gasteiger partial charge on any atom is 0.295 e. The molecule has 2 aromatic carbocycles. The van der Waals surface area contributed by atoms with Gasteiger partial charge in [-0.25, -0.2) is 0 Å². The molecule has 0 radical (unpaired) electrons. The summed E-state index contributed by atoms with van der Waals surface area (Å²) in [4.78, 5) is 32.0. The molecule has 8 heteroatoms. The number of hydrogen-bond acceptors (Lipinski definition) is 7. The number of rotatable bonds is 7. The summed E-state index contributed by atoms with van der Waals surface area (Å²) in [6.07, 6.45) is 3.25. The zero-order chi connectivity index (χ0) is 24.2. The van der Waals surface area contributed by atoms with Crippen molar-refractivity contribution in [3.05, 3.63) is 89.3 Å². The number of ketones is 1. The number of aromatic nitrogens is 1. The zero-order valence-electron chi connectivity index (χ0n) is 19.0. The van der Waals surface area contributed by atoms with Crippen molar-refractivity contribution >= 4 is 17.4 Å². The number of Topliss-reactive ketones (excluding diaryl/α,β-unsaturated/α-hetero) is 1. The summed E-state index contributed by atoms with van der Waals surface area (Å²) in [6.45, 7) is 0.109. The topological polar surface area (TPSA) is 98.2 Å². The summed E-state index contributed by atoms with van der Waals surface area (Å²) in [5, 5.41) is 11.3. The molecule has 1 atom stereocenters. The third-order valence-electron chi connectivity index (χ3n) is 5.69. The number of nitrogens with zero attached hydrogens (tertiary/aromatic N) is 2. The van der Waals surface area contributed by atoms with Crippen molar-refractivity contribution in [2.75, 3.05) is 21.3 Å². The van der Waals surface area contributed by atoms with Crippen LogP contribution in [0.25, 0.3) is 5.76 Å². The third kappa shape index (κ3) is 4.17. The quantitative estimate of drug-likeness (QED) is 0.326. The van der Waals surface area contributed by atoms with Crippen LogP contribution in [0.15, 0.2) is 72.6 Å². The minimum Gasteiger partial charge on any atom is -0.507 e. The van der Waals surface area contributed by atoms with E-state index in [0.29, 0.717) is 28.4 Å². The van der Waals surface area contributed by atoms with Crippen LogP contribution >= 0.6 is 0 Å². The Hall–Kier alpha value is -4.33. The largest absolute Gasteiger partial charge is 0.507 e. The van der Waals surface area contributed by atoms with Crippen molar-refractivity contribution in [3.8, 4) is 17.2 Å². The van der Waals surface area contributed by atoms with E-state index in [1.165, 1.54) is 26.2 Å². The highest BCUT2D eigenvalue weighted by molar-refractivity contribution is 6.46. The maximum absolute atomic E-state index is 13.3. The van der Waals surface area contributed by atoms with E-state index >= 15 is 0 Å². The summed E-state index contributed by atoms with van der Waals surface area (Å²) in [6, 6.07) is 14.4. The summed E-state index contributed by atoms with van der Waals surface area (Å²) in [5.74, 6) is -0.364. The molecule has 1 saturated heterocycles. The minimum absolute atomic E-state index is 0.0475. The molecule has 34 heavy (non-hydrogen) atoms. The molecule has 4 rings (SSSR count). The molecular formula is C26H24N2O6. The number of pyridine rings is 1. The van der Waals surface area contributed by atoms with Crippen LogP contribution < -0.4 is 14.2 Å². The smallest absolute Gasteiger partial charge is 0.295 e. The molecule has 1 fully saturated rings. The summed E-state index contributed by atoms with van der Waals surface area (Å²) in [7, 11) is 4.53. The molecule has 1 aliphatic rings. The highest BCUT2D eigenvalue weighted by Gasteiger charge is 2.47. The van der Waals surface area contributed by atoms with Crippen molar-refractivity contribution < 1.29 is 28.9 Å². The van der Waals surface area contributed by atoms with Crippen LogP contribution in [0.2, 0.25) is 0 Å². The molecule has 0 spiro atoms. The van der Waals surface area contributed by atoms with Gasteiger partial charge in [0.05, 0.1) is 32.9 Å². The van der Waals surface area contributed by atoms with Crippen LogP contribution in [0.4, 0.5) is 0 Å². The Morgan fingerprint density at radius 3 is 2.41 bits per heavy atom. The average molecular weight is 460 g/mol. The fourth-order valence-corrected chi connectivity index (χ4v) is 4.03. The van der Waals surface area contributed by atoms with Gasteiger partial charge in [0, 0.05) is 30.1 Å². The Morgan fingerprint density at radius 1 is 0.971 bits per heavy atom. The summed E-state index contributed by atoms with van der Waals surface area (Å²) in [5.41, 5.74) is 1.55. The standard InChI is InChI=1S/C26H24N2O6/c1-32-18-8-4-7-17(12-18)24(29)22-23(20-13-19(33-2)9-10-21(20)34-3)28(26(31)25(22)30)15-16-6-5-11-27-14-16/h4-14,23,29H,15H2,1-3H3/b24-22-. The number of carbonyl (C=O) groups excluding carboxylic acids is 2. The van der Waals surface area contributed by atoms with Gasteiger partial charge in [-0.3, -0.25) is 14.6 Å². The first-order chi connectivity index (χ1) is 16.5. The van der Waals surface area contributed by atoms with E-state index in [4.69, 9.17) is 14.2 Å². The first kappa shape index (κ1) is 22.8. The van der Waals surface area contributed by atoms with E-state index in [2.05, 4.69) is 4.98 Å². The highest BCUT2D eigenvalue weighted by Crippen LogP contribution is 2.44. The Labute approximate surface area is 197 Å². The van der Waals surface area contributed by atoms with Gasteiger partial charge < -0.3 is 24.2 Å². The molecular weight excluding hydrogens is 436 g/mol.